The van der Waals surface area contributed by atoms with Crippen LogP contribution in [-0.2, 0) is 26.3 Å². The van der Waals surface area contributed by atoms with Crippen LogP contribution in [0.1, 0.15) is 18.2 Å². The number of rotatable bonds is 2. The molecule has 3 rings (SSSR count). The molecule has 0 saturated carbocycles. The highest BCUT2D eigenvalue weighted by molar-refractivity contribution is 6.27. The molecule has 0 aliphatic carbocycles. The molecule has 1 aliphatic heterocycles. The molecule has 5 nitrogen and oxygen atoms in total. The van der Waals surface area contributed by atoms with Crippen molar-refractivity contribution in [3.05, 3.63) is 35.5 Å². The van der Waals surface area contributed by atoms with Gasteiger partial charge in [-0.3, -0.25) is 4.79 Å². The lowest BCUT2D eigenvalue weighted by atomic mass is 9.86. The summed E-state index contributed by atoms with van der Waals surface area (Å²) in [5.74, 6) is -0.917. The van der Waals surface area contributed by atoms with Crippen LogP contribution in [0.4, 0.5) is 0 Å². The smallest absolute Gasteiger partial charge is 0.337 e. The Hall–Kier alpha value is -2.01. The Morgan fingerprint density at radius 3 is 2.82 bits per heavy atom. The number of esters is 1. The van der Waals surface area contributed by atoms with Crippen molar-refractivity contribution in [3.8, 4) is 0 Å². The van der Waals surface area contributed by atoms with Crippen LogP contribution in [0.2, 0.25) is 0 Å². The Bertz CT molecular complexity index is 755. The van der Waals surface area contributed by atoms with Gasteiger partial charge in [0.1, 0.15) is 5.88 Å². The number of alkyl halides is 1. The van der Waals surface area contributed by atoms with E-state index >= 15 is 0 Å². The highest BCUT2D eigenvalue weighted by Gasteiger charge is 2.49. The number of benzene rings is 1. The van der Waals surface area contributed by atoms with Gasteiger partial charge < -0.3 is 14.6 Å². The zero-order valence-corrected chi connectivity index (χ0v) is 13.2. The Labute approximate surface area is 133 Å². The van der Waals surface area contributed by atoms with Crippen molar-refractivity contribution in [2.24, 2.45) is 0 Å². The van der Waals surface area contributed by atoms with Crippen LogP contribution in [0.15, 0.2) is 24.3 Å². The number of H-pyrrole nitrogens is 1. The summed E-state index contributed by atoms with van der Waals surface area (Å²) in [5.41, 5.74) is 1.53. The van der Waals surface area contributed by atoms with Gasteiger partial charge in [0.15, 0.2) is 5.54 Å². The molecule has 0 fully saturated rings. The summed E-state index contributed by atoms with van der Waals surface area (Å²) in [7, 11) is 1.33. The van der Waals surface area contributed by atoms with Crippen molar-refractivity contribution >= 4 is 34.4 Å². The maximum Gasteiger partial charge on any atom is 0.337 e. The van der Waals surface area contributed by atoms with Gasteiger partial charge in [-0.15, -0.1) is 11.6 Å². The van der Waals surface area contributed by atoms with Crippen LogP contribution in [0.25, 0.3) is 10.9 Å². The third kappa shape index (κ3) is 1.92. The topological polar surface area (TPSA) is 62.4 Å². The van der Waals surface area contributed by atoms with E-state index in [1.54, 1.807) is 6.92 Å². The number of hydrogen-bond donors (Lipinski definition) is 1. The number of carbonyl (C=O) groups is 2. The van der Waals surface area contributed by atoms with Crippen LogP contribution in [0.5, 0.6) is 0 Å². The molecule has 0 spiro atoms. The maximum atomic E-state index is 12.5. The molecule has 1 N–H and O–H groups in total. The van der Waals surface area contributed by atoms with Crippen LogP contribution >= 0.6 is 11.6 Å². The first-order valence-corrected chi connectivity index (χ1v) is 7.62. The van der Waals surface area contributed by atoms with E-state index in [0.29, 0.717) is 18.7 Å². The molecule has 1 amide bonds. The summed E-state index contributed by atoms with van der Waals surface area (Å²) < 4.78 is 4.97. The van der Waals surface area contributed by atoms with Gasteiger partial charge in [-0.1, -0.05) is 18.2 Å². The van der Waals surface area contributed by atoms with E-state index < -0.39 is 11.5 Å². The second-order valence-corrected chi connectivity index (χ2v) is 5.78. The van der Waals surface area contributed by atoms with E-state index in [1.807, 2.05) is 24.3 Å². The summed E-state index contributed by atoms with van der Waals surface area (Å²) in [4.78, 5) is 29.5. The largest absolute Gasteiger partial charge is 0.467 e. The summed E-state index contributed by atoms with van der Waals surface area (Å²) >= 11 is 5.71. The number of hydrogen-bond acceptors (Lipinski definition) is 3. The molecule has 0 radical (unpaired) electrons. The molecular formula is C16H17ClN2O3. The van der Waals surface area contributed by atoms with Gasteiger partial charge in [0.05, 0.1) is 12.8 Å². The van der Waals surface area contributed by atoms with Crippen LogP contribution in [-0.4, -0.2) is 41.3 Å². The number of para-hydroxylation sites is 1. The summed E-state index contributed by atoms with van der Waals surface area (Å²) in [6.07, 6.45) is 0.675. The number of aromatic amines is 1. The van der Waals surface area contributed by atoms with E-state index in [9.17, 15) is 9.59 Å². The molecule has 0 bridgehead atoms. The van der Waals surface area contributed by atoms with Crippen molar-refractivity contribution in [2.75, 3.05) is 19.5 Å². The van der Waals surface area contributed by atoms with Gasteiger partial charge >= 0.3 is 5.97 Å². The summed E-state index contributed by atoms with van der Waals surface area (Å²) in [6.45, 7) is 2.14. The Balaban J connectivity index is 2.25. The maximum absolute atomic E-state index is 12.5. The lowest BCUT2D eigenvalue weighted by molar-refractivity contribution is -0.162. The number of carbonyl (C=O) groups excluding carboxylic acids is 2. The molecule has 1 aromatic heterocycles. The van der Waals surface area contributed by atoms with E-state index in [-0.39, 0.29) is 11.8 Å². The first-order valence-electron chi connectivity index (χ1n) is 7.09. The number of ether oxygens (including phenoxy) is 1. The fraction of sp³-hybridized carbons (Fsp3) is 0.375. The SMILES string of the molecule is COC(=O)[C@]1(C)c2[nH]c3ccccc3c2CCN1C(=O)CCl. The molecule has 1 atom stereocenters. The average molecular weight is 321 g/mol. The third-order valence-corrected chi connectivity index (χ3v) is 4.65. The first kappa shape index (κ1) is 14.9. The molecule has 2 aromatic rings. The predicted molar refractivity (Wildman–Crippen MR) is 83.8 cm³/mol. The van der Waals surface area contributed by atoms with E-state index in [4.69, 9.17) is 16.3 Å². The summed E-state index contributed by atoms with van der Waals surface area (Å²) in [6, 6.07) is 7.87. The van der Waals surface area contributed by atoms with E-state index in [2.05, 4.69) is 4.98 Å². The molecular weight excluding hydrogens is 304 g/mol. The first-order chi connectivity index (χ1) is 10.5. The molecule has 0 unspecified atom stereocenters. The number of halogens is 1. The van der Waals surface area contributed by atoms with Gasteiger partial charge in [0, 0.05) is 17.4 Å². The second kappa shape index (κ2) is 5.32. The van der Waals surface area contributed by atoms with Gasteiger partial charge in [-0.25, -0.2) is 4.79 Å². The van der Waals surface area contributed by atoms with Crippen molar-refractivity contribution < 1.29 is 14.3 Å². The normalized spacial score (nSPS) is 20.8. The lowest BCUT2D eigenvalue weighted by Gasteiger charge is -2.42. The molecule has 1 aromatic carbocycles. The highest BCUT2D eigenvalue weighted by atomic mass is 35.5. The predicted octanol–water partition coefficient (Wildman–Crippen LogP) is 2.18. The molecule has 1 aliphatic rings. The fourth-order valence-electron chi connectivity index (χ4n) is 3.31. The van der Waals surface area contributed by atoms with E-state index in [1.165, 1.54) is 12.0 Å². The zero-order valence-electron chi connectivity index (χ0n) is 12.5. The van der Waals surface area contributed by atoms with Gasteiger partial charge in [0.25, 0.3) is 0 Å². The molecule has 116 valence electrons. The average Bonchev–Trinajstić information content (AvgIpc) is 2.93. The second-order valence-electron chi connectivity index (χ2n) is 5.52. The molecule has 0 saturated heterocycles. The minimum absolute atomic E-state index is 0.165. The Morgan fingerprint density at radius 1 is 1.41 bits per heavy atom. The molecule has 2 heterocycles. The van der Waals surface area contributed by atoms with Crippen molar-refractivity contribution in [2.45, 2.75) is 18.9 Å². The third-order valence-electron chi connectivity index (χ3n) is 4.42. The van der Waals surface area contributed by atoms with Gasteiger partial charge in [-0.05, 0) is 25.0 Å². The Morgan fingerprint density at radius 2 is 2.14 bits per heavy atom. The van der Waals surface area contributed by atoms with Gasteiger partial charge in [0.2, 0.25) is 5.91 Å². The molecule has 22 heavy (non-hydrogen) atoms. The quantitative estimate of drug-likeness (QED) is 0.681. The summed E-state index contributed by atoms with van der Waals surface area (Å²) in [5, 5.41) is 1.07. The Kier molecular flexibility index (Phi) is 3.60. The minimum atomic E-state index is -1.19. The number of amides is 1. The number of methoxy groups -OCH3 is 1. The number of nitrogens with zero attached hydrogens (tertiary/aromatic N) is 1. The van der Waals surface area contributed by atoms with Crippen molar-refractivity contribution in [3.63, 3.8) is 0 Å². The van der Waals surface area contributed by atoms with Crippen LogP contribution in [0, 0.1) is 0 Å². The lowest BCUT2D eigenvalue weighted by Crippen LogP contribution is -2.57. The standard InChI is InChI=1S/C16H17ClN2O3/c1-16(15(21)22-2)14-11(7-8-19(16)13(20)9-17)10-5-3-4-6-12(10)18-14/h3-6,18H,7-9H2,1-2H3/t16-/m0/s1. The number of aromatic nitrogens is 1. The van der Waals surface area contributed by atoms with Crippen molar-refractivity contribution in [1.82, 2.24) is 9.88 Å². The number of nitrogens with one attached hydrogen (secondary N) is 1. The van der Waals surface area contributed by atoms with Crippen LogP contribution in [0.3, 0.4) is 0 Å². The molecule has 6 heteroatoms. The fourth-order valence-corrected chi connectivity index (χ4v) is 3.46. The van der Waals surface area contributed by atoms with E-state index in [0.717, 1.165) is 16.5 Å². The van der Waals surface area contributed by atoms with Crippen LogP contribution < -0.4 is 0 Å². The zero-order chi connectivity index (χ0) is 15.9. The number of fused-ring (bicyclic) bond motifs is 3. The minimum Gasteiger partial charge on any atom is -0.467 e. The van der Waals surface area contributed by atoms with Gasteiger partial charge in [-0.2, -0.15) is 0 Å². The van der Waals surface area contributed by atoms with Crippen molar-refractivity contribution in [1.29, 1.82) is 0 Å². The highest BCUT2D eigenvalue weighted by Crippen LogP contribution is 2.39. The monoisotopic (exact) mass is 320 g/mol.